The van der Waals surface area contributed by atoms with E-state index in [0.717, 1.165) is 43.7 Å². The van der Waals surface area contributed by atoms with E-state index in [4.69, 9.17) is 0 Å². The van der Waals surface area contributed by atoms with E-state index in [1.165, 1.54) is 32.1 Å². The van der Waals surface area contributed by atoms with Crippen LogP contribution < -0.4 is 10.6 Å². The number of fused-ring (bicyclic) bond motifs is 1. The van der Waals surface area contributed by atoms with Crippen LogP contribution in [0.1, 0.15) is 58.8 Å². The highest BCUT2D eigenvalue weighted by Gasteiger charge is 2.45. The Bertz CT molecular complexity index is 476. The average Bonchev–Trinajstić information content (AvgIpc) is 3.05. The maximum Gasteiger partial charge on any atom is 0.105 e. The SMILES string of the molecule is CC1CC1C(C)N1CC(NC(O)CC2CNC3CCCCC23)CC1CO. The van der Waals surface area contributed by atoms with Gasteiger partial charge in [-0.1, -0.05) is 19.8 Å². The molecule has 2 heterocycles. The number of hydrogen-bond donors (Lipinski definition) is 4. The summed E-state index contributed by atoms with van der Waals surface area (Å²) in [6, 6.07) is 1.80. The van der Waals surface area contributed by atoms with Gasteiger partial charge in [0, 0.05) is 30.7 Å². The second-order valence-electron chi connectivity index (χ2n) is 9.72. The second kappa shape index (κ2) is 8.04. The molecule has 0 radical (unpaired) electrons. The number of hydrogen-bond acceptors (Lipinski definition) is 5. The summed E-state index contributed by atoms with van der Waals surface area (Å²) in [5.41, 5.74) is 0. The summed E-state index contributed by atoms with van der Waals surface area (Å²) in [7, 11) is 0. The number of likely N-dealkylation sites (tertiary alicyclic amines) is 1. The van der Waals surface area contributed by atoms with E-state index in [0.29, 0.717) is 24.0 Å². The van der Waals surface area contributed by atoms with Crippen molar-refractivity contribution in [2.45, 2.75) is 89.2 Å². The molecular weight excluding hydrogens is 326 g/mol. The molecule has 0 amide bonds. The number of nitrogens with zero attached hydrogens (tertiary/aromatic N) is 1. The third-order valence-corrected chi connectivity index (χ3v) is 8.00. The van der Waals surface area contributed by atoms with Crippen molar-refractivity contribution in [1.82, 2.24) is 15.5 Å². The van der Waals surface area contributed by atoms with Gasteiger partial charge in [-0.15, -0.1) is 0 Å². The molecule has 0 spiro atoms. The standard InChI is InChI=1S/C21H39N3O2/c1-13-7-19(13)14(2)24-11-16(9-17(24)12-25)23-21(26)8-15-10-22-20-6-4-3-5-18(15)20/h13-23,25-26H,3-12H2,1-2H3. The Kier molecular flexibility index (Phi) is 5.92. The minimum absolute atomic E-state index is 0.232. The van der Waals surface area contributed by atoms with Crippen LogP contribution in [-0.2, 0) is 0 Å². The summed E-state index contributed by atoms with van der Waals surface area (Å²) >= 11 is 0. The van der Waals surface area contributed by atoms with Crippen LogP contribution in [0.3, 0.4) is 0 Å². The van der Waals surface area contributed by atoms with Crippen molar-refractivity contribution in [1.29, 1.82) is 0 Å². The maximum atomic E-state index is 10.7. The predicted molar refractivity (Wildman–Crippen MR) is 104 cm³/mol. The molecule has 4 fully saturated rings. The zero-order valence-electron chi connectivity index (χ0n) is 16.6. The molecule has 26 heavy (non-hydrogen) atoms. The van der Waals surface area contributed by atoms with Crippen LogP contribution in [0.5, 0.6) is 0 Å². The van der Waals surface area contributed by atoms with E-state index in [9.17, 15) is 10.2 Å². The largest absolute Gasteiger partial charge is 0.395 e. The third kappa shape index (κ3) is 3.97. The molecule has 0 aromatic rings. The van der Waals surface area contributed by atoms with Gasteiger partial charge in [0.15, 0.2) is 0 Å². The Morgan fingerprint density at radius 3 is 2.73 bits per heavy atom. The van der Waals surface area contributed by atoms with Crippen molar-refractivity contribution in [2.24, 2.45) is 23.7 Å². The fourth-order valence-electron chi connectivity index (χ4n) is 6.33. The number of aliphatic hydroxyl groups is 2. The van der Waals surface area contributed by atoms with Crippen molar-refractivity contribution in [2.75, 3.05) is 19.7 Å². The molecule has 4 rings (SSSR count). The fraction of sp³-hybridized carbons (Fsp3) is 1.00. The van der Waals surface area contributed by atoms with Gasteiger partial charge in [-0.2, -0.15) is 0 Å². The molecule has 5 nitrogen and oxygen atoms in total. The summed E-state index contributed by atoms with van der Waals surface area (Å²) in [6.07, 6.45) is 8.09. The molecule has 2 saturated heterocycles. The molecule has 9 unspecified atom stereocenters. The van der Waals surface area contributed by atoms with Gasteiger partial charge in [-0.3, -0.25) is 10.2 Å². The summed E-state index contributed by atoms with van der Waals surface area (Å²) in [4.78, 5) is 2.49. The Balaban J connectivity index is 1.27. The first-order valence-electron chi connectivity index (χ1n) is 11.1. The van der Waals surface area contributed by atoms with Crippen molar-refractivity contribution in [3.63, 3.8) is 0 Å². The lowest BCUT2D eigenvalue weighted by molar-refractivity contribution is 0.0833. The van der Waals surface area contributed by atoms with Crippen molar-refractivity contribution in [3.05, 3.63) is 0 Å². The summed E-state index contributed by atoms with van der Waals surface area (Å²) in [5.74, 6) is 3.00. The minimum atomic E-state index is -0.415. The van der Waals surface area contributed by atoms with Crippen LogP contribution in [0.2, 0.25) is 0 Å². The van der Waals surface area contributed by atoms with Crippen LogP contribution in [-0.4, -0.2) is 65.2 Å². The van der Waals surface area contributed by atoms with Crippen molar-refractivity contribution < 1.29 is 10.2 Å². The Labute approximate surface area is 158 Å². The highest BCUT2D eigenvalue weighted by atomic mass is 16.3. The van der Waals surface area contributed by atoms with E-state index >= 15 is 0 Å². The van der Waals surface area contributed by atoms with E-state index in [-0.39, 0.29) is 12.6 Å². The van der Waals surface area contributed by atoms with E-state index < -0.39 is 6.23 Å². The van der Waals surface area contributed by atoms with Crippen LogP contribution in [0.25, 0.3) is 0 Å². The third-order valence-electron chi connectivity index (χ3n) is 8.00. The molecule has 0 aromatic carbocycles. The lowest BCUT2D eigenvalue weighted by Gasteiger charge is -2.30. The molecule has 2 aliphatic carbocycles. The quantitative estimate of drug-likeness (QED) is 0.516. The van der Waals surface area contributed by atoms with Gasteiger partial charge in [0.05, 0.1) is 6.61 Å². The molecular formula is C21H39N3O2. The van der Waals surface area contributed by atoms with Gasteiger partial charge in [0.2, 0.25) is 0 Å². The molecule has 4 aliphatic rings. The molecule has 5 heteroatoms. The van der Waals surface area contributed by atoms with Gasteiger partial charge in [0.25, 0.3) is 0 Å². The number of aliphatic hydroxyl groups excluding tert-OH is 2. The molecule has 2 aliphatic heterocycles. The van der Waals surface area contributed by atoms with Crippen LogP contribution in [0.4, 0.5) is 0 Å². The number of nitrogens with one attached hydrogen (secondary N) is 2. The monoisotopic (exact) mass is 365 g/mol. The van der Waals surface area contributed by atoms with Crippen molar-refractivity contribution >= 4 is 0 Å². The lowest BCUT2D eigenvalue weighted by atomic mass is 9.78. The first kappa shape index (κ1) is 19.1. The van der Waals surface area contributed by atoms with Crippen LogP contribution in [0.15, 0.2) is 0 Å². The first-order valence-corrected chi connectivity index (χ1v) is 11.1. The minimum Gasteiger partial charge on any atom is -0.395 e. The summed E-state index contributed by atoms with van der Waals surface area (Å²) in [6.45, 7) is 6.92. The summed E-state index contributed by atoms with van der Waals surface area (Å²) in [5, 5.41) is 27.7. The second-order valence-corrected chi connectivity index (χ2v) is 9.72. The molecule has 2 saturated carbocycles. The lowest BCUT2D eigenvalue weighted by Crippen LogP contribution is -2.44. The molecule has 4 N–H and O–H groups in total. The fourth-order valence-corrected chi connectivity index (χ4v) is 6.33. The highest BCUT2D eigenvalue weighted by molar-refractivity contribution is 4.99. The Hall–Kier alpha value is -0.200. The molecule has 0 bridgehead atoms. The van der Waals surface area contributed by atoms with E-state index in [1.54, 1.807) is 0 Å². The topological polar surface area (TPSA) is 67.8 Å². The van der Waals surface area contributed by atoms with Gasteiger partial charge in [-0.05, 0) is 69.2 Å². The summed E-state index contributed by atoms with van der Waals surface area (Å²) < 4.78 is 0. The maximum absolute atomic E-state index is 10.7. The van der Waals surface area contributed by atoms with Crippen molar-refractivity contribution in [3.8, 4) is 0 Å². The van der Waals surface area contributed by atoms with Crippen LogP contribution >= 0.6 is 0 Å². The Morgan fingerprint density at radius 2 is 2.00 bits per heavy atom. The van der Waals surface area contributed by atoms with Crippen LogP contribution in [0, 0.1) is 23.7 Å². The van der Waals surface area contributed by atoms with Gasteiger partial charge in [0.1, 0.15) is 6.23 Å². The van der Waals surface area contributed by atoms with Gasteiger partial charge in [-0.25, -0.2) is 0 Å². The zero-order chi connectivity index (χ0) is 18.3. The Morgan fingerprint density at radius 1 is 1.23 bits per heavy atom. The first-order chi connectivity index (χ1) is 12.6. The number of rotatable bonds is 7. The predicted octanol–water partition coefficient (Wildman–Crippen LogP) is 1.54. The zero-order valence-corrected chi connectivity index (χ0v) is 16.6. The average molecular weight is 366 g/mol. The molecule has 150 valence electrons. The molecule has 9 atom stereocenters. The highest BCUT2D eigenvalue weighted by Crippen LogP contribution is 2.44. The molecule has 0 aromatic heterocycles. The van der Waals surface area contributed by atoms with Gasteiger partial charge >= 0.3 is 0 Å². The van der Waals surface area contributed by atoms with E-state index in [2.05, 4.69) is 29.4 Å². The normalized spacial score (nSPS) is 45.5. The van der Waals surface area contributed by atoms with E-state index in [1.807, 2.05) is 0 Å². The van der Waals surface area contributed by atoms with Gasteiger partial charge < -0.3 is 15.5 Å². The smallest absolute Gasteiger partial charge is 0.105 e.